The lowest BCUT2D eigenvalue weighted by atomic mass is 9.77. The van der Waals surface area contributed by atoms with Crippen LogP contribution in [0, 0.1) is 23.2 Å². The van der Waals surface area contributed by atoms with Crippen molar-refractivity contribution in [1.29, 1.82) is 0 Å². The number of hydrogen-bond donors (Lipinski definition) is 2. The van der Waals surface area contributed by atoms with E-state index in [0.717, 1.165) is 17.8 Å². The van der Waals surface area contributed by atoms with E-state index in [1.54, 1.807) is 0 Å². The van der Waals surface area contributed by atoms with Gasteiger partial charge in [-0.3, -0.25) is 0 Å². The molecule has 0 fully saturated rings. The molecule has 1 aromatic rings. The standard InChI is InChI=1S/C28H50N2S/c1-7-13-23(14-11-9-10-12-18-28(5,6)21(3)4)22(8-2)17-19-31-26-20-30-25-16-15-24(29)27(25)26/h15-16,20-24,30H,7-14,17-19,29H2,1-6H3. The molecule has 31 heavy (non-hydrogen) atoms. The number of nitrogens with two attached hydrogens (primary N) is 1. The van der Waals surface area contributed by atoms with Crippen molar-refractivity contribution in [1.82, 2.24) is 4.98 Å². The number of hydrogen-bond acceptors (Lipinski definition) is 2. The lowest BCUT2D eigenvalue weighted by Gasteiger charge is -2.29. The van der Waals surface area contributed by atoms with Crippen LogP contribution in [0.25, 0.3) is 6.08 Å². The van der Waals surface area contributed by atoms with Crippen LogP contribution in [0.2, 0.25) is 0 Å². The third-order valence-corrected chi connectivity index (χ3v) is 9.11. The summed E-state index contributed by atoms with van der Waals surface area (Å²) in [7, 11) is 0. The summed E-state index contributed by atoms with van der Waals surface area (Å²) in [5, 5.41) is 0. The van der Waals surface area contributed by atoms with E-state index in [-0.39, 0.29) is 6.04 Å². The molecule has 0 spiro atoms. The highest BCUT2D eigenvalue weighted by molar-refractivity contribution is 7.99. The van der Waals surface area contributed by atoms with Gasteiger partial charge in [-0.25, -0.2) is 0 Å². The molecule has 178 valence electrons. The molecule has 1 aliphatic carbocycles. The Morgan fingerprint density at radius 3 is 2.45 bits per heavy atom. The molecule has 3 heteroatoms. The van der Waals surface area contributed by atoms with Gasteiger partial charge in [0.25, 0.3) is 0 Å². The van der Waals surface area contributed by atoms with Gasteiger partial charge in [-0.1, -0.05) is 99.0 Å². The van der Waals surface area contributed by atoms with Crippen molar-refractivity contribution in [2.45, 2.75) is 117 Å². The second kappa shape index (κ2) is 13.1. The van der Waals surface area contributed by atoms with E-state index in [0.29, 0.717) is 5.41 Å². The molecule has 0 saturated carbocycles. The maximum atomic E-state index is 6.24. The summed E-state index contributed by atoms with van der Waals surface area (Å²) < 4.78 is 0. The normalized spacial score (nSPS) is 18.0. The van der Waals surface area contributed by atoms with Gasteiger partial charge in [0, 0.05) is 22.3 Å². The van der Waals surface area contributed by atoms with E-state index in [9.17, 15) is 0 Å². The van der Waals surface area contributed by atoms with Crippen LogP contribution < -0.4 is 5.73 Å². The molecule has 2 rings (SSSR count). The summed E-state index contributed by atoms with van der Waals surface area (Å²) in [6.07, 6.45) is 20.2. The van der Waals surface area contributed by atoms with Crippen molar-refractivity contribution < 1.29 is 0 Å². The van der Waals surface area contributed by atoms with Gasteiger partial charge in [-0.2, -0.15) is 0 Å². The van der Waals surface area contributed by atoms with Crippen molar-refractivity contribution in [3.05, 3.63) is 23.5 Å². The summed E-state index contributed by atoms with van der Waals surface area (Å²) in [6, 6.07) is 0.0738. The van der Waals surface area contributed by atoms with Gasteiger partial charge < -0.3 is 10.7 Å². The first-order valence-corrected chi connectivity index (χ1v) is 14.1. The first kappa shape index (κ1) is 26.6. The van der Waals surface area contributed by atoms with E-state index in [1.807, 2.05) is 11.8 Å². The second-order valence-corrected chi connectivity index (χ2v) is 12.0. The number of H-pyrrole nitrogens is 1. The second-order valence-electron chi connectivity index (χ2n) is 10.8. The number of thioether (sulfide) groups is 1. The molecule has 1 aliphatic rings. The fraction of sp³-hybridized carbons (Fsp3) is 0.786. The predicted molar refractivity (Wildman–Crippen MR) is 141 cm³/mol. The minimum atomic E-state index is 0.0738. The van der Waals surface area contributed by atoms with E-state index < -0.39 is 0 Å². The lowest BCUT2D eigenvalue weighted by Crippen LogP contribution is -2.18. The van der Waals surface area contributed by atoms with E-state index in [2.05, 4.69) is 64.9 Å². The Kier molecular flexibility index (Phi) is 11.3. The maximum absolute atomic E-state index is 6.24. The maximum Gasteiger partial charge on any atom is 0.0517 e. The van der Waals surface area contributed by atoms with Gasteiger partial charge in [0.1, 0.15) is 0 Å². The van der Waals surface area contributed by atoms with E-state index >= 15 is 0 Å². The summed E-state index contributed by atoms with van der Waals surface area (Å²) in [6.45, 7) is 14.4. The highest BCUT2D eigenvalue weighted by Crippen LogP contribution is 2.37. The third-order valence-electron chi connectivity index (χ3n) is 8.02. The molecule has 0 amide bonds. The van der Waals surface area contributed by atoms with Crippen LogP contribution in [0.1, 0.15) is 123 Å². The largest absolute Gasteiger partial charge is 0.360 e. The van der Waals surface area contributed by atoms with E-state index in [1.165, 1.54) is 86.1 Å². The summed E-state index contributed by atoms with van der Waals surface area (Å²) in [5.41, 5.74) is 9.26. The molecule has 0 radical (unpaired) electrons. The number of aromatic nitrogens is 1. The fourth-order valence-electron chi connectivity index (χ4n) is 5.04. The Balaban J connectivity index is 1.72. The zero-order chi connectivity index (χ0) is 22.9. The van der Waals surface area contributed by atoms with Crippen molar-refractivity contribution in [2.24, 2.45) is 28.9 Å². The molecular formula is C28H50N2S. The number of nitrogens with one attached hydrogen (secondary N) is 1. The topological polar surface area (TPSA) is 41.8 Å². The summed E-state index contributed by atoms with van der Waals surface area (Å²) in [5.74, 6) is 3.76. The van der Waals surface area contributed by atoms with Crippen LogP contribution in [-0.4, -0.2) is 10.7 Å². The zero-order valence-electron chi connectivity index (χ0n) is 21.3. The first-order valence-electron chi connectivity index (χ1n) is 13.1. The fourth-order valence-corrected chi connectivity index (χ4v) is 6.22. The Morgan fingerprint density at radius 2 is 1.77 bits per heavy atom. The highest BCUT2D eigenvalue weighted by Gasteiger charge is 2.23. The number of fused-ring (bicyclic) bond motifs is 1. The minimum absolute atomic E-state index is 0.0738. The van der Waals surface area contributed by atoms with Crippen LogP contribution in [0.4, 0.5) is 0 Å². The van der Waals surface area contributed by atoms with Crippen molar-refractivity contribution in [3.8, 4) is 0 Å². The smallest absolute Gasteiger partial charge is 0.0517 e. The quantitative estimate of drug-likeness (QED) is 0.196. The molecule has 0 aromatic carbocycles. The summed E-state index contributed by atoms with van der Waals surface area (Å²) >= 11 is 2.00. The zero-order valence-corrected chi connectivity index (χ0v) is 22.1. The van der Waals surface area contributed by atoms with Crippen LogP contribution >= 0.6 is 11.8 Å². The number of rotatable bonds is 16. The van der Waals surface area contributed by atoms with Gasteiger partial charge >= 0.3 is 0 Å². The number of aromatic amines is 1. The Hall–Kier alpha value is -0.670. The highest BCUT2D eigenvalue weighted by atomic mass is 32.2. The van der Waals surface area contributed by atoms with Crippen molar-refractivity contribution in [3.63, 3.8) is 0 Å². The predicted octanol–water partition coefficient (Wildman–Crippen LogP) is 8.99. The first-order chi connectivity index (χ1) is 14.8. The van der Waals surface area contributed by atoms with Gasteiger partial charge in [-0.05, 0) is 47.8 Å². The third kappa shape index (κ3) is 8.00. The molecule has 2 nitrogen and oxygen atoms in total. The molecule has 0 aliphatic heterocycles. The molecule has 1 heterocycles. The van der Waals surface area contributed by atoms with E-state index in [4.69, 9.17) is 5.73 Å². The molecule has 0 saturated heterocycles. The number of unbranched alkanes of at least 4 members (excludes halogenated alkanes) is 3. The SMILES string of the molecule is CCCC(CCCCCCC(C)(C)C(C)C)C(CC)CCSc1c[nH]c2c1C(N)C=C2. The van der Waals surface area contributed by atoms with Gasteiger partial charge in [0.05, 0.1) is 6.04 Å². The molecule has 3 atom stereocenters. The Bertz CT molecular complexity index is 658. The Morgan fingerprint density at radius 1 is 1.03 bits per heavy atom. The van der Waals surface area contributed by atoms with Crippen LogP contribution in [0.5, 0.6) is 0 Å². The average Bonchev–Trinajstić information content (AvgIpc) is 3.30. The summed E-state index contributed by atoms with van der Waals surface area (Å²) in [4.78, 5) is 4.74. The average molecular weight is 447 g/mol. The monoisotopic (exact) mass is 446 g/mol. The van der Waals surface area contributed by atoms with Crippen LogP contribution in [0.15, 0.2) is 17.2 Å². The van der Waals surface area contributed by atoms with Crippen LogP contribution in [-0.2, 0) is 0 Å². The molecule has 0 bridgehead atoms. The van der Waals surface area contributed by atoms with Gasteiger partial charge in [-0.15, -0.1) is 11.8 Å². The lowest BCUT2D eigenvalue weighted by molar-refractivity contribution is 0.219. The van der Waals surface area contributed by atoms with Gasteiger partial charge in [0.2, 0.25) is 0 Å². The van der Waals surface area contributed by atoms with Crippen LogP contribution in [0.3, 0.4) is 0 Å². The molecular weight excluding hydrogens is 396 g/mol. The van der Waals surface area contributed by atoms with Gasteiger partial charge in [0.15, 0.2) is 0 Å². The Labute approximate surface area is 197 Å². The molecule has 1 aromatic heterocycles. The minimum Gasteiger partial charge on any atom is -0.360 e. The molecule has 3 unspecified atom stereocenters. The van der Waals surface area contributed by atoms with Crippen molar-refractivity contribution in [2.75, 3.05) is 5.75 Å². The molecule has 3 N–H and O–H groups in total. The van der Waals surface area contributed by atoms with Crippen molar-refractivity contribution >= 4 is 17.8 Å².